The van der Waals surface area contributed by atoms with Gasteiger partial charge in [-0.1, -0.05) is 13.8 Å². The van der Waals surface area contributed by atoms with Crippen molar-refractivity contribution in [1.82, 2.24) is 5.32 Å². The number of carbonyl (C=O) groups is 1. The van der Waals surface area contributed by atoms with Crippen LogP contribution in [0.15, 0.2) is 0 Å². The highest BCUT2D eigenvalue weighted by Gasteiger charge is 2.43. The lowest BCUT2D eigenvalue weighted by molar-refractivity contribution is -0.119. The van der Waals surface area contributed by atoms with Gasteiger partial charge in [-0.05, 0) is 31.7 Å². The van der Waals surface area contributed by atoms with Gasteiger partial charge in [-0.3, -0.25) is 4.79 Å². The van der Waals surface area contributed by atoms with Crippen LogP contribution in [0.2, 0.25) is 0 Å². The van der Waals surface area contributed by atoms with Gasteiger partial charge in [0.05, 0.1) is 0 Å². The highest BCUT2D eigenvalue weighted by molar-refractivity contribution is 5.75. The third-order valence-electron chi connectivity index (χ3n) is 3.01. The fourth-order valence-electron chi connectivity index (χ4n) is 2.19. The maximum atomic E-state index is 11.0. The molecule has 1 atom stereocenters. The third kappa shape index (κ3) is 2.44. The predicted molar refractivity (Wildman–Crippen MR) is 53.2 cm³/mol. The molecule has 1 unspecified atom stereocenters. The molecule has 0 bridgehead atoms. The Labute approximate surface area is 80.1 Å². The molecule has 0 aliphatic heterocycles. The van der Waals surface area contributed by atoms with Crippen molar-refractivity contribution in [3.05, 3.63) is 0 Å². The fraction of sp³-hybridized carbons (Fsp3) is 0.900. The van der Waals surface area contributed by atoms with Crippen molar-refractivity contribution in [3.63, 3.8) is 0 Å². The zero-order valence-electron chi connectivity index (χ0n) is 8.60. The minimum Gasteiger partial charge on any atom is -0.370 e. The molecule has 1 aliphatic carbocycles. The van der Waals surface area contributed by atoms with Crippen molar-refractivity contribution in [1.29, 1.82) is 0 Å². The zero-order valence-corrected chi connectivity index (χ0v) is 8.60. The van der Waals surface area contributed by atoms with Gasteiger partial charge in [0.2, 0.25) is 5.91 Å². The van der Waals surface area contributed by atoms with Crippen LogP contribution < -0.4 is 11.1 Å². The molecular formula is C10H20N2O. The molecule has 0 aromatic rings. The molecule has 76 valence electrons. The van der Waals surface area contributed by atoms with Gasteiger partial charge in [0.1, 0.15) is 0 Å². The Hall–Kier alpha value is -0.570. The number of carbonyl (C=O) groups excluding carboxylic acids is 1. The summed E-state index contributed by atoms with van der Waals surface area (Å²) in [6.07, 6.45) is 3.97. The van der Waals surface area contributed by atoms with E-state index in [1.807, 2.05) is 0 Å². The van der Waals surface area contributed by atoms with E-state index in [2.05, 4.69) is 19.2 Å². The van der Waals surface area contributed by atoms with Gasteiger partial charge >= 0.3 is 0 Å². The number of nitrogens with one attached hydrogen (secondary N) is 1. The summed E-state index contributed by atoms with van der Waals surface area (Å²) in [5.41, 5.74) is 5.27. The number of hydrogen-bond donors (Lipinski definition) is 2. The summed E-state index contributed by atoms with van der Waals surface area (Å²) >= 11 is 0. The monoisotopic (exact) mass is 184 g/mol. The maximum Gasteiger partial charge on any atom is 0.219 e. The summed E-state index contributed by atoms with van der Waals surface area (Å²) in [7, 11) is 0. The smallest absolute Gasteiger partial charge is 0.219 e. The lowest BCUT2D eigenvalue weighted by Gasteiger charge is -2.33. The summed E-state index contributed by atoms with van der Waals surface area (Å²) in [6, 6.07) is 0. The van der Waals surface area contributed by atoms with Crippen LogP contribution in [0.25, 0.3) is 0 Å². The Bertz CT molecular complexity index is 189. The fourth-order valence-corrected chi connectivity index (χ4v) is 2.19. The normalized spacial score (nSPS) is 21.1. The number of nitrogens with two attached hydrogens (primary N) is 1. The van der Waals surface area contributed by atoms with Crippen molar-refractivity contribution in [3.8, 4) is 0 Å². The van der Waals surface area contributed by atoms with Crippen molar-refractivity contribution in [2.24, 2.45) is 11.7 Å². The van der Waals surface area contributed by atoms with Crippen molar-refractivity contribution in [2.45, 2.75) is 45.1 Å². The van der Waals surface area contributed by atoms with Crippen molar-refractivity contribution in [2.75, 3.05) is 6.54 Å². The molecule has 0 saturated heterocycles. The second kappa shape index (κ2) is 4.09. The van der Waals surface area contributed by atoms with Gasteiger partial charge in [0.15, 0.2) is 0 Å². The highest BCUT2D eigenvalue weighted by atomic mass is 16.1. The molecular weight excluding hydrogens is 164 g/mol. The van der Waals surface area contributed by atoms with E-state index in [4.69, 9.17) is 5.73 Å². The van der Waals surface area contributed by atoms with E-state index in [-0.39, 0.29) is 11.4 Å². The first-order valence-corrected chi connectivity index (χ1v) is 5.18. The van der Waals surface area contributed by atoms with Crippen LogP contribution in [0.5, 0.6) is 0 Å². The molecule has 1 aliphatic rings. The van der Waals surface area contributed by atoms with Crippen LogP contribution >= 0.6 is 0 Å². The Morgan fingerprint density at radius 2 is 2.15 bits per heavy atom. The summed E-state index contributed by atoms with van der Waals surface area (Å²) in [5, 5.41) is 3.44. The summed E-state index contributed by atoms with van der Waals surface area (Å²) in [6.45, 7) is 5.12. The van der Waals surface area contributed by atoms with Crippen LogP contribution in [-0.2, 0) is 4.79 Å². The third-order valence-corrected chi connectivity index (χ3v) is 3.01. The molecule has 13 heavy (non-hydrogen) atoms. The first-order chi connectivity index (χ1) is 6.14. The van der Waals surface area contributed by atoms with Crippen LogP contribution in [-0.4, -0.2) is 18.0 Å². The molecule has 3 N–H and O–H groups in total. The lowest BCUT2D eigenvalue weighted by Crippen LogP contribution is -2.49. The molecule has 0 heterocycles. The first kappa shape index (κ1) is 10.5. The Kier molecular flexibility index (Phi) is 3.31. The summed E-state index contributed by atoms with van der Waals surface area (Å²) in [5.74, 6) is 0.486. The molecule has 1 saturated carbocycles. The second-order valence-corrected chi connectivity index (χ2v) is 3.96. The SMILES string of the molecule is CCNC(CC)(CC(N)=O)C1CC1. The van der Waals surface area contributed by atoms with Crippen molar-refractivity contribution >= 4 is 5.91 Å². The molecule has 0 spiro atoms. The quantitative estimate of drug-likeness (QED) is 0.648. The van der Waals surface area contributed by atoms with Crippen LogP contribution in [0.4, 0.5) is 0 Å². The number of hydrogen-bond acceptors (Lipinski definition) is 2. The van der Waals surface area contributed by atoms with Gasteiger partial charge in [0.25, 0.3) is 0 Å². The van der Waals surface area contributed by atoms with E-state index in [1.165, 1.54) is 12.8 Å². The molecule has 1 rings (SSSR count). The number of primary amides is 1. The van der Waals surface area contributed by atoms with Gasteiger partial charge in [-0.25, -0.2) is 0 Å². The topological polar surface area (TPSA) is 55.1 Å². The van der Waals surface area contributed by atoms with Gasteiger partial charge in [-0.2, -0.15) is 0 Å². The highest BCUT2D eigenvalue weighted by Crippen LogP contribution is 2.43. The Morgan fingerprint density at radius 3 is 2.46 bits per heavy atom. The molecule has 0 aromatic carbocycles. The van der Waals surface area contributed by atoms with E-state index in [1.54, 1.807) is 0 Å². The van der Waals surface area contributed by atoms with Gasteiger partial charge in [-0.15, -0.1) is 0 Å². The number of rotatable bonds is 6. The standard InChI is InChI=1S/C10H20N2O/c1-3-10(12-4-2,7-9(11)13)8-5-6-8/h8,12H,3-7H2,1-2H3,(H2,11,13). The van der Waals surface area contributed by atoms with Crippen LogP contribution in [0, 0.1) is 5.92 Å². The summed E-state index contributed by atoms with van der Waals surface area (Å²) < 4.78 is 0. The average Bonchev–Trinajstić information content (AvgIpc) is 2.85. The van der Waals surface area contributed by atoms with Gasteiger partial charge < -0.3 is 11.1 Å². The van der Waals surface area contributed by atoms with E-state index in [9.17, 15) is 4.79 Å². The summed E-state index contributed by atoms with van der Waals surface area (Å²) in [4.78, 5) is 11.0. The van der Waals surface area contributed by atoms with Gasteiger partial charge in [0, 0.05) is 12.0 Å². The molecule has 0 aromatic heterocycles. The molecule has 1 fully saturated rings. The maximum absolute atomic E-state index is 11.0. The zero-order chi connectivity index (χ0) is 9.90. The Morgan fingerprint density at radius 1 is 1.54 bits per heavy atom. The van der Waals surface area contributed by atoms with E-state index >= 15 is 0 Å². The minimum atomic E-state index is -0.185. The Balaban J connectivity index is 2.62. The second-order valence-electron chi connectivity index (χ2n) is 3.96. The molecule has 3 nitrogen and oxygen atoms in total. The van der Waals surface area contributed by atoms with Crippen molar-refractivity contribution < 1.29 is 4.79 Å². The van der Waals surface area contributed by atoms with Crippen LogP contribution in [0.3, 0.4) is 0 Å². The van der Waals surface area contributed by atoms with Crippen LogP contribution in [0.1, 0.15) is 39.5 Å². The molecule has 0 radical (unpaired) electrons. The first-order valence-electron chi connectivity index (χ1n) is 5.18. The predicted octanol–water partition coefficient (Wildman–Crippen LogP) is 1.03. The lowest BCUT2D eigenvalue weighted by atomic mass is 9.86. The number of amides is 1. The van der Waals surface area contributed by atoms with E-state index in [0.29, 0.717) is 12.3 Å². The molecule has 3 heteroatoms. The van der Waals surface area contributed by atoms with E-state index < -0.39 is 0 Å². The average molecular weight is 184 g/mol. The largest absolute Gasteiger partial charge is 0.370 e. The molecule has 1 amide bonds. The minimum absolute atomic E-state index is 0.000579. The van der Waals surface area contributed by atoms with E-state index in [0.717, 1.165) is 13.0 Å².